The minimum Gasteiger partial charge on any atom is -0.355 e. The molecule has 0 spiro atoms. The third-order valence-corrected chi connectivity index (χ3v) is 6.36. The van der Waals surface area contributed by atoms with E-state index in [-0.39, 0.29) is 19.0 Å². The van der Waals surface area contributed by atoms with Crippen molar-refractivity contribution in [3.8, 4) is 0 Å². The Morgan fingerprint density at radius 1 is 1.03 bits per heavy atom. The van der Waals surface area contributed by atoms with Crippen LogP contribution < -0.4 is 9.62 Å². The average molecular weight is 446 g/mol. The third-order valence-electron chi connectivity index (χ3n) is 5.24. The van der Waals surface area contributed by atoms with E-state index < -0.39 is 22.0 Å². The van der Waals surface area contributed by atoms with Gasteiger partial charge in [0.15, 0.2) is 0 Å². The molecule has 0 fully saturated rings. The van der Waals surface area contributed by atoms with Crippen LogP contribution in [0.5, 0.6) is 0 Å². The number of hydrogen-bond donors (Lipinski definition) is 1. The molecule has 0 aliphatic carbocycles. The lowest BCUT2D eigenvalue weighted by Crippen LogP contribution is -2.51. The monoisotopic (exact) mass is 445 g/mol. The van der Waals surface area contributed by atoms with Gasteiger partial charge in [-0.2, -0.15) is 0 Å². The lowest BCUT2D eigenvalue weighted by Gasteiger charge is -2.32. The number of amides is 2. The van der Waals surface area contributed by atoms with Crippen molar-refractivity contribution < 1.29 is 18.0 Å². The maximum atomic E-state index is 13.4. The molecule has 2 rings (SSSR count). The average Bonchev–Trinajstić information content (AvgIpc) is 2.72. The van der Waals surface area contributed by atoms with E-state index in [1.54, 1.807) is 26.0 Å². The highest BCUT2D eigenvalue weighted by Gasteiger charge is 2.30. The van der Waals surface area contributed by atoms with Gasteiger partial charge in [0.25, 0.3) is 0 Å². The summed E-state index contributed by atoms with van der Waals surface area (Å²) in [7, 11) is -3.73. The lowest BCUT2D eigenvalue weighted by molar-refractivity contribution is -0.139. The Morgan fingerprint density at radius 2 is 1.68 bits per heavy atom. The molecular weight excluding hydrogens is 414 g/mol. The topological polar surface area (TPSA) is 86.8 Å². The van der Waals surface area contributed by atoms with Crippen molar-refractivity contribution in [2.45, 2.75) is 40.3 Å². The van der Waals surface area contributed by atoms with Gasteiger partial charge in [-0.05, 0) is 50.5 Å². The van der Waals surface area contributed by atoms with Crippen molar-refractivity contribution >= 4 is 27.5 Å². The zero-order valence-electron chi connectivity index (χ0n) is 18.8. The van der Waals surface area contributed by atoms with Crippen molar-refractivity contribution in [3.63, 3.8) is 0 Å². The Kier molecular flexibility index (Phi) is 8.21. The Balaban J connectivity index is 2.41. The van der Waals surface area contributed by atoms with E-state index in [1.807, 2.05) is 50.2 Å². The molecule has 0 radical (unpaired) electrons. The molecule has 0 heterocycles. The highest BCUT2D eigenvalue weighted by Crippen LogP contribution is 2.25. The summed E-state index contributed by atoms with van der Waals surface area (Å²) in [4.78, 5) is 27.3. The van der Waals surface area contributed by atoms with Gasteiger partial charge in [0, 0.05) is 13.1 Å². The molecule has 0 saturated carbocycles. The first-order chi connectivity index (χ1) is 14.6. The van der Waals surface area contributed by atoms with E-state index in [1.165, 1.54) is 4.90 Å². The van der Waals surface area contributed by atoms with E-state index in [9.17, 15) is 18.0 Å². The van der Waals surface area contributed by atoms with Gasteiger partial charge in [0.2, 0.25) is 21.8 Å². The number of anilines is 1. The summed E-state index contributed by atoms with van der Waals surface area (Å²) in [5, 5.41) is 2.73. The smallest absolute Gasteiger partial charge is 0.244 e. The summed E-state index contributed by atoms with van der Waals surface area (Å²) in [6.07, 6.45) is 1.08. The number of sulfonamides is 1. The van der Waals surface area contributed by atoms with Crippen molar-refractivity contribution in [2.75, 3.05) is 23.7 Å². The highest BCUT2D eigenvalue weighted by molar-refractivity contribution is 7.92. The van der Waals surface area contributed by atoms with Crippen LogP contribution >= 0.6 is 0 Å². The number of aryl methyl sites for hydroxylation is 1. The number of nitrogens with one attached hydrogen (secondary N) is 1. The number of benzene rings is 2. The van der Waals surface area contributed by atoms with E-state index in [2.05, 4.69) is 5.32 Å². The zero-order valence-corrected chi connectivity index (χ0v) is 19.6. The highest BCUT2D eigenvalue weighted by atomic mass is 32.2. The summed E-state index contributed by atoms with van der Waals surface area (Å²) in [5.41, 5.74) is 3.02. The van der Waals surface area contributed by atoms with E-state index in [4.69, 9.17) is 0 Å². The van der Waals surface area contributed by atoms with Crippen LogP contribution in [-0.4, -0.2) is 50.5 Å². The number of carbonyl (C=O) groups is 2. The second-order valence-electron chi connectivity index (χ2n) is 7.57. The van der Waals surface area contributed by atoms with Crippen LogP contribution in [0.1, 0.15) is 30.5 Å². The largest absolute Gasteiger partial charge is 0.355 e. The molecule has 8 heteroatoms. The van der Waals surface area contributed by atoms with Gasteiger partial charge in [-0.3, -0.25) is 13.9 Å². The molecule has 31 heavy (non-hydrogen) atoms. The van der Waals surface area contributed by atoms with Crippen LogP contribution in [0.3, 0.4) is 0 Å². The Labute approximate surface area is 185 Å². The zero-order chi connectivity index (χ0) is 23.2. The maximum absolute atomic E-state index is 13.4. The molecule has 0 aliphatic rings. The van der Waals surface area contributed by atoms with Crippen LogP contribution in [0, 0.1) is 13.8 Å². The van der Waals surface area contributed by atoms with Crippen LogP contribution in [0.4, 0.5) is 5.69 Å². The second-order valence-corrected chi connectivity index (χ2v) is 9.47. The third kappa shape index (κ3) is 6.30. The SMILES string of the molecule is CCNC(=O)[C@@H](C)N(Cc1ccccc1)C(=O)CN(c1cccc(C)c1C)S(C)(=O)=O. The summed E-state index contributed by atoms with van der Waals surface area (Å²) in [6.45, 7) is 7.41. The fraction of sp³-hybridized carbons (Fsp3) is 0.391. The molecule has 0 saturated heterocycles. The van der Waals surface area contributed by atoms with Crippen LogP contribution in [0.25, 0.3) is 0 Å². The second kappa shape index (κ2) is 10.4. The summed E-state index contributed by atoms with van der Waals surface area (Å²) < 4.78 is 26.3. The van der Waals surface area contributed by atoms with Gasteiger partial charge < -0.3 is 10.2 Å². The standard InChI is InChI=1S/C23H31N3O4S/c1-6-24-23(28)19(4)25(15-20-12-8-7-9-13-20)22(27)16-26(31(5,29)30)21-14-10-11-17(2)18(21)3/h7-14,19H,6,15-16H2,1-5H3,(H,24,28)/t19-/m1/s1. The molecule has 168 valence electrons. The van der Waals surface area contributed by atoms with E-state index in [0.717, 1.165) is 27.3 Å². The number of hydrogen-bond acceptors (Lipinski definition) is 4. The fourth-order valence-corrected chi connectivity index (χ4v) is 4.19. The fourth-order valence-electron chi connectivity index (χ4n) is 3.29. The van der Waals surface area contributed by atoms with Gasteiger partial charge in [-0.1, -0.05) is 42.5 Å². The molecule has 2 aromatic carbocycles. The van der Waals surface area contributed by atoms with Gasteiger partial charge >= 0.3 is 0 Å². The lowest BCUT2D eigenvalue weighted by atomic mass is 10.1. The molecule has 1 atom stereocenters. The summed E-state index contributed by atoms with van der Waals surface area (Å²) in [5.74, 6) is -0.738. The van der Waals surface area contributed by atoms with Gasteiger partial charge in [0.05, 0.1) is 11.9 Å². The number of carbonyl (C=O) groups excluding carboxylic acids is 2. The van der Waals surface area contributed by atoms with Crippen LogP contribution in [-0.2, 0) is 26.2 Å². The minimum atomic E-state index is -3.73. The first-order valence-corrected chi connectivity index (χ1v) is 12.1. The quantitative estimate of drug-likeness (QED) is 0.643. The summed E-state index contributed by atoms with van der Waals surface area (Å²) in [6, 6.07) is 13.9. The summed E-state index contributed by atoms with van der Waals surface area (Å²) >= 11 is 0. The Hall–Kier alpha value is -2.87. The number of likely N-dealkylation sites (N-methyl/N-ethyl adjacent to an activating group) is 1. The molecule has 7 nitrogen and oxygen atoms in total. The predicted molar refractivity (Wildman–Crippen MR) is 123 cm³/mol. The molecule has 2 amide bonds. The normalized spacial score (nSPS) is 12.2. The van der Waals surface area contributed by atoms with Crippen molar-refractivity contribution in [3.05, 3.63) is 65.2 Å². The van der Waals surface area contributed by atoms with E-state index >= 15 is 0 Å². The van der Waals surface area contributed by atoms with Crippen molar-refractivity contribution in [1.29, 1.82) is 0 Å². The first-order valence-electron chi connectivity index (χ1n) is 10.2. The molecule has 2 aromatic rings. The Morgan fingerprint density at radius 3 is 2.26 bits per heavy atom. The van der Waals surface area contributed by atoms with Crippen molar-refractivity contribution in [1.82, 2.24) is 10.2 Å². The van der Waals surface area contributed by atoms with Gasteiger partial charge in [-0.15, -0.1) is 0 Å². The number of rotatable bonds is 9. The molecule has 0 aliphatic heterocycles. The molecule has 0 aromatic heterocycles. The number of nitrogens with zero attached hydrogens (tertiary/aromatic N) is 2. The molecular formula is C23H31N3O4S. The van der Waals surface area contributed by atoms with Crippen LogP contribution in [0.2, 0.25) is 0 Å². The minimum absolute atomic E-state index is 0.197. The van der Waals surface area contributed by atoms with Gasteiger partial charge in [0.1, 0.15) is 12.6 Å². The molecule has 1 N–H and O–H groups in total. The molecule has 0 unspecified atom stereocenters. The molecule has 0 bridgehead atoms. The predicted octanol–water partition coefficient (Wildman–Crippen LogP) is 2.62. The van der Waals surface area contributed by atoms with Gasteiger partial charge in [-0.25, -0.2) is 8.42 Å². The Bertz CT molecular complexity index is 1020. The maximum Gasteiger partial charge on any atom is 0.244 e. The van der Waals surface area contributed by atoms with Crippen molar-refractivity contribution in [2.24, 2.45) is 0 Å². The first kappa shape index (κ1) is 24.4. The van der Waals surface area contributed by atoms with E-state index in [0.29, 0.717) is 12.2 Å². The van der Waals surface area contributed by atoms with Crippen LogP contribution in [0.15, 0.2) is 48.5 Å².